The van der Waals surface area contributed by atoms with Crippen LogP contribution in [0.25, 0.3) is 10.2 Å². The van der Waals surface area contributed by atoms with Crippen LogP contribution in [-0.2, 0) is 12.8 Å². The first-order valence-corrected chi connectivity index (χ1v) is 7.71. The highest BCUT2D eigenvalue weighted by atomic mass is 32.1. The highest BCUT2D eigenvalue weighted by Crippen LogP contribution is 2.41. The van der Waals surface area contributed by atoms with Gasteiger partial charge in [0.05, 0.1) is 5.39 Å². The third kappa shape index (κ3) is 1.94. The van der Waals surface area contributed by atoms with Crippen molar-refractivity contribution in [1.82, 2.24) is 9.97 Å². The van der Waals surface area contributed by atoms with Crippen LogP contribution in [0, 0.1) is 17.1 Å². The molecule has 1 aliphatic carbocycles. The second kappa shape index (κ2) is 5.04. The molecule has 1 aliphatic rings. The van der Waals surface area contributed by atoms with E-state index in [1.807, 2.05) is 6.07 Å². The quantitative estimate of drug-likeness (QED) is 0.718. The minimum absolute atomic E-state index is 0.110. The van der Waals surface area contributed by atoms with Gasteiger partial charge in [0, 0.05) is 4.88 Å². The summed E-state index contributed by atoms with van der Waals surface area (Å²) in [5.41, 5.74) is 1.12. The van der Waals surface area contributed by atoms with E-state index in [1.54, 1.807) is 17.4 Å². The molecule has 4 nitrogen and oxygen atoms in total. The van der Waals surface area contributed by atoms with Gasteiger partial charge >= 0.3 is 0 Å². The lowest BCUT2D eigenvalue weighted by molar-refractivity contribution is 0.461. The second-order valence-electron chi connectivity index (χ2n) is 5.04. The fourth-order valence-corrected chi connectivity index (χ4v) is 4.00. The van der Waals surface area contributed by atoms with E-state index in [4.69, 9.17) is 10.00 Å². The first-order valence-electron chi connectivity index (χ1n) is 6.89. The highest BCUT2D eigenvalue weighted by Gasteiger charge is 2.22. The lowest BCUT2D eigenvalue weighted by Crippen LogP contribution is -1.95. The minimum atomic E-state index is -0.596. The average Bonchev–Trinajstić information content (AvgIpc) is 3.08. The zero-order chi connectivity index (χ0) is 15.1. The van der Waals surface area contributed by atoms with Crippen LogP contribution in [0.15, 0.2) is 24.5 Å². The number of nitrogens with zero attached hydrogens (tertiary/aromatic N) is 3. The number of hydrogen-bond acceptors (Lipinski definition) is 5. The summed E-state index contributed by atoms with van der Waals surface area (Å²) in [4.78, 5) is 10.7. The van der Waals surface area contributed by atoms with Crippen molar-refractivity contribution in [3.8, 4) is 17.7 Å². The number of fused-ring (bicyclic) bond motifs is 3. The zero-order valence-corrected chi connectivity index (χ0v) is 12.3. The Morgan fingerprint density at radius 1 is 1.27 bits per heavy atom. The van der Waals surface area contributed by atoms with Gasteiger partial charge in [-0.2, -0.15) is 5.26 Å². The smallest absolute Gasteiger partial charge is 0.231 e. The van der Waals surface area contributed by atoms with Crippen molar-refractivity contribution in [2.75, 3.05) is 0 Å². The molecule has 0 radical (unpaired) electrons. The summed E-state index contributed by atoms with van der Waals surface area (Å²) in [6, 6.07) is 6.16. The molecule has 108 valence electrons. The Bertz CT molecular complexity index is 929. The Hall–Kier alpha value is -2.52. The van der Waals surface area contributed by atoms with Gasteiger partial charge in [0.2, 0.25) is 5.88 Å². The molecule has 2 heterocycles. The number of aromatic nitrogens is 2. The van der Waals surface area contributed by atoms with Crippen LogP contribution in [0.3, 0.4) is 0 Å². The van der Waals surface area contributed by atoms with Gasteiger partial charge in [-0.3, -0.25) is 0 Å². The third-order valence-corrected chi connectivity index (χ3v) is 4.96. The largest absolute Gasteiger partial charge is 0.437 e. The predicted molar refractivity (Wildman–Crippen MR) is 80.6 cm³/mol. The van der Waals surface area contributed by atoms with E-state index in [2.05, 4.69) is 9.97 Å². The Labute approximate surface area is 129 Å². The molecule has 2 aromatic heterocycles. The maximum Gasteiger partial charge on any atom is 0.231 e. The molecular weight excluding hydrogens is 301 g/mol. The second-order valence-corrected chi connectivity index (χ2v) is 6.13. The van der Waals surface area contributed by atoms with Gasteiger partial charge in [-0.15, -0.1) is 11.3 Å². The summed E-state index contributed by atoms with van der Waals surface area (Å²) < 4.78 is 19.5. The van der Waals surface area contributed by atoms with Gasteiger partial charge in [-0.1, -0.05) is 6.07 Å². The fraction of sp³-hybridized carbons (Fsp3) is 0.188. The topological polar surface area (TPSA) is 58.8 Å². The minimum Gasteiger partial charge on any atom is -0.437 e. The van der Waals surface area contributed by atoms with E-state index in [-0.39, 0.29) is 11.3 Å². The van der Waals surface area contributed by atoms with E-state index >= 15 is 0 Å². The predicted octanol–water partition coefficient (Wildman–Crippen LogP) is 3.98. The van der Waals surface area contributed by atoms with Crippen molar-refractivity contribution < 1.29 is 9.13 Å². The third-order valence-electron chi connectivity index (χ3n) is 3.76. The molecule has 0 atom stereocenters. The molecule has 0 fully saturated rings. The van der Waals surface area contributed by atoms with Crippen LogP contribution in [0.1, 0.15) is 22.4 Å². The van der Waals surface area contributed by atoms with Gasteiger partial charge in [0.1, 0.15) is 34.4 Å². The molecule has 0 unspecified atom stereocenters. The van der Waals surface area contributed by atoms with Crippen LogP contribution in [0.5, 0.6) is 11.6 Å². The van der Waals surface area contributed by atoms with Gasteiger partial charge in [0.15, 0.2) is 0 Å². The summed E-state index contributed by atoms with van der Waals surface area (Å²) >= 11 is 1.65. The molecule has 1 aromatic carbocycles. The first kappa shape index (κ1) is 13.2. The number of benzene rings is 1. The molecule has 6 heteroatoms. The molecule has 4 rings (SSSR count). The van der Waals surface area contributed by atoms with Gasteiger partial charge < -0.3 is 4.74 Å². The SMILES string of the molecule is N#Cc1c(F)cccc1Oc1ncnc2sc3c(c12)CCC3. The maximum absolute atomic E-state index is 13.7. The Morgan fingerprint density at radius 2 is 2.18 bits per heavy atom. The fourth-order valence-electron chi connectivity index (χ4n) is 2.78. The van der Waals surface area contributed by atoms with Crippen molar-refractivity contribution in [3.05, 3.63) is 46.3 Å². The number of rotatable bonds is 2. The molecule has 0 spiro atoms. The number of nitriles is 1. The van der Waals surface area contributed by atoms with Crippen molar-refractivity contribution in [3.63, 3.8) is 0 Å². The molecule has 0 N–H and O–H groups in total. The Balaban J connectivity index is 1.86. The summed E-state index contributed by atoms with van der Waals surface area (Å²) in [5.74, 6) is -0.0206. The zero-order valence-electron chi connectivity index (χ0n) is 11.5. The molecular formula is C16H10FN3OS. The lowest BCUT2D eigenvalue weighted by Gasteiger charge is -2.08. The van der Waals surface area contributed by atoms with Crippen molar-refractivity contribution in [1.29, 1.82) is 5.26 Å². The Morgan fingerprint density at radius 3 is 3.05 bits per heavy atom. The Kier molecular flexibility index (Phi) is 3.01. The number of hydrogen-bond donors (Lipinski definition) is 0. The van der Waals surface area contributed by atoms with E-state index in [0.29, 0.717) is 5.88 Å². The van der Waals surface area contributed by atoms with Crippen LogP contribution >= 0.6 is 11.3 Å². The molecule has 0 bridgehead atoms. The normalized spacial score (nSPS) is 13.1. The number of halogens is 1. The maximum atomic E-state index is 13.7. The molecule has 22 heavy (non-hydrogen) atoms. The number of thiophene rings is 1. The number of ether oxygens (including phenoxy) is 1. The summed E-state index contributed by atoms with van der Waals surface area (Å²) in [7, 11) is 0. The van der Waals surface area contributed by atoms with E-state index in [1.165, 1.54) is 28.9 Å². The molecule has 0 saturated carbocycles. The van der Waals surface area contributed by atoms with Crippen LogP contribution in [-0.4, -0.2) is 9.97 Å². The first-order chi connectivity index (χ1) is 10.8. The summed E-state index contributed by atoms with van der Waals surface area (Å²) in [6.07, 6.45) is 4.59. The molecule has 0 amide bonds. The molecule has 0 aliphatic heterocycles. The summed E-state index contributed by atoms with van der Waals surface area (Å²) in [6.45, 7) is 0. The lowest BCUT2D eigenvalue weighted by atomic mass is 10.2. The molecule has 0 saturated heterocycles. The van der Waals surface area contributed by atoms with Gasteiger partial charge in [-0.25, -0.2) is 14.4 Å². The van der Waals surface area contributed by atoms with E-state index in [9.17, 15) is 4.39 Å². The van der Waals surface area contributed by atoms with Crippen molar-refractivity contribution in [2.45, 2.75) is 19.3 Å². The highest BCUT2D eigenvalue weighted by molar-refractivity contribution is 7.18. The van der Waals surface area contributed by atoms with Crippen molar-refractivity contribution >= 4 is 21.6 Å². The average molecular weight is 311 g/mol. The standard InChI is InChI=1S/C16H10FN3OS/c17-11-4-2-5-12(10(11)7-18)21-15-14-9-3-1-6-13(9)22-16(14)20-8-19-15/h2,4-5,8H,1,3,6H2. The molecule has 3 aromatic rings. The van der Waals surface area contributed by atoms with Crippen LogP contribution < -0.4 is 4.74 Å². The van der Waals surface area contributed by atoms with E-state index in [0.717, 1.165) is 29.5 Å². The monoisotopic (exact) mass is 311 g/mol. The van der Waals surface area contributed by atoms with Crippen molar-refractivity contribution in [2.24, 2.45) is 0 Å². The van der Waals surface area contributed by atoms with Gasteiger partial charge in [0.25, 0.3) is 0 Å². The van der Waals surface area contributed by atoms with E-state index < -0.39 is 5.82 Å². The summed E-state index contributed by atoms with van der Waals surface area (Å²) in [5, 5.41) is 10.0. The van der Waals surface area contributed by atoms with Crippen LogP contribution in [0.2, 0.25) is 0 Å². The number of aryl methyl sites for hydroxylation is 2. The van der Waals surface area contributed by atoms with Crippen LogP contribution in [0.4, 0.5) is 4.39 Å². The van der Waals surface area contributed by atoms with Gasteiger partial charge in [-0.05, 0) is 37.0 Å².